The molecule has 0 amide bonds. The van der Waals surface area contributed by atoms with Crippen LogP contribution >= 0.6 is 0 Å². The quantitative estimate of drug-likeness (QED) is 0.687. The third-order valence-electron chi connectivity index (χ3n) is 3.62. The van der Waals surface area contributed by atoms with Crippen LogP contribution in [0.15, 0.2) is 48.5 Å². The van der Waals surface area contributed by atoms with E-state index in [1.807, 2.05) is 48.5 Å². The average molecular weight is 311 g/mol. The molecule has 0 aliphatic heterocycles. The van der Waals surface area contributed by atoms with E-state index in [0.717, 1.165) is 23.5 Å². The number of ether oxygens (including phenoxy) is 3. The zero-order chi connectivity index (χ0) is 16.5. The fourth-order valence-corrected chi connectivity index (χ4v) is 2.40. The van der Waals surface area contributed by atoms with E-state index >= 15 is 0 Å². The maximum Gasteiger partial charge on any atom is 0.123 e. The second-order valence-corrected chi connectivity index (χ2v) is 5.09. The molecule has 0 radical (unpaired) electrons. The third kappa shape index (κ3) is 4.65. The van der Waals surface area contributed by atoms with Crippen LogP contribution in [0.25, 0.3) is 0 Å². The highest BCUT2D eigenvalue weighted by Crippen LogP contribution is 2.32. The minimum atomic E-state index is -0.251. The Hall–Kier alpha value is -2.67. The topological polar surface area (TPSA) is 51.5 Å². The number of rotatable bonds is 8. The van der Waals surface area contributed by atoms with Gasteiger partial charge in [0.2, 0.25) is 0 Å². The first-order valence-electron chi connectivity index (χ1n) is 7.58. The summed E-state index contributed by atoms with van der Waals surface area (Å²) in [5.41, 5.74) is 0.856. The van der Waals surface area contributed by atoms with Gasteiger partial charge in [0.1, 0.15) is 17.2 Å². The first-order valence-corrected chi connectivity index (χ1v) is 7.58. The Morgan fingerprint density at radius 1 is 1.00 bits per heavy atom. The molecule has 0 aliphatic rings. The Kier molecular flexibility index (Phi) is 6.31. The van der Waals surface area contributed by atoms with Gasteiger partial charge in [-0.2, -0.15) is 5.26 Å². The van der Waals surface area contributed by atoms with Crippen LogP contribution in [-0.4, -0.2) is 20.8 Å². The summed E-state index contributed by atoms with van der Waals surface area (Å²) in [5, 5.41) is 9.49. The lowest BCUT2D eigenvalue weighted by Crippen LogP contribution is -2.04. The molecule has 0 fully saturated rings. The molecule has 0 heterocycles. The number of nitriles is 1. The van der Waals surface area contributed by atoms with E-state index in [2.05, 4.69) is 6.07 Å². The van der Waals surface area contributed by atoms with Crippen LogP contribution in [-0.2, 0) is 0 Å². The molecule has 2 rings (SSSR count). The van der Waals surface area contributed by atoms with Crippen LogP contribution in [0, 0.1) is 11.3 Å². The van der Waals surface area contributed by atoms with Crippen molar-refractivity contribution in [2.24, 2.45) is 0 Å². The summed E-state index contributed by atoms with van der Waals surface area (Å²) >= 11 is 0. The van der Waals surface area contributed by atoms with Crippen LogP contribution in [0.5, 0.6) is 17.2 Å². The van der Waals surface area contributed by atoms with Gasteiger partial charge in [-0.25, -0.2) is 0 Å². The predicted molar refractivity (Wildman–Crippen MR) is 89.1 cm³/mol. The van der Waals surface area contributed by atoms with Crippen molar-refractivity contribution in [3.63, 3.8) is 0 Å². The monoisotopic (exact) mass is 311 g/mol. The van der Waals surface area contributed by atoms with E-state index in [4.69, 9.17) is 14.2 Å². The van der Waals surface area contributed by atoms with E-state index in [-0.39, 0.29) is 5.92 Å². The van der Waals surface area contributed by atoms with Gasteiger partial charge in [-0.1, -0.05) is 18.2 Å². The summed E-state index contributed by atoms with van der Waals surface area (Å²) in [7, 11) is 3.22. The van der Waals surface area contributed by atoms with Crippen molar-refractivity contribution in [1.29, 1.82) is 5.26 Å². The minimum absolute atomic E-state index is 0.251. The summed E-state index contributed by atoms with van der Waals surface area (Å²) in [6.45, 7) is 0.578. The molecule has 0 saturated carbocycles. The number of para-hydroxylation sites is 1. The lowest BCUT2D eigenvalue weighted by molar-refractivity contribution is 0.304. The highest BCUT2D eigenvalue weighted by atomic mass is 16.5. The van der Waals surface area contributed by atoms with Gasteiger partial charge in [-0.15, -0.1) is 0 Å². The normalized spacial score (nSPS) is 11.3. The van der Waals surface area contributed by atoms with Gasteiger partial charge in [0.15, 0.2) is 0 Å². The molecule has 2 aromatic rings. The summed E-state index contributed by atoms with van der Waals surface area (Å²) in [6, 6.07) is 17.6. The summed E-state index contributed by atoms with van der Waals surface area (Å²) in [5.74, 6) is 2.03. The molecule has 0 N–H and O–H groups in total. The van der Waals surface area contributed by atoms with Gasteiger partial charge in [0.25, 0.3) is 0 Å². The molecule has 0 bridgehead atoms. The van der Waals surface area contributed by atoms with Crippen molar-refractivity contribution in [3.05, 3.63) is 54.1 Å². The van der Waals surface area contributed by atoms with Crippen molar-refractivity contribution < 1.29 is 14.2 Å². The van der Waals surface area contributed by atoms with Crippen molar-refractivity contribution in [1.82, 2.24) is 0 Å². The van der Waals surface area contributed by atoms with Crippen molar-refractivity contribution in [2.45, 2.75) is 18.8 Å². The first kappa shape index (κ1) is 16.7. The maximum absolute atomic E-state index is 9.49. The second-order valence-electron chi connectivity index (χ2n) is 5.09. The smallest absolute Gasteiger partial charge is 0.123 e. The van der Waals surface area contributed by atoms with Crippen LogP contribution in [0.1, 0.15) is 24.3 Å². The molecular formula is C19H21NO3. The molecule has 120 valence electrons. The molecule has 1 unspecified atom stereocenters. The van der Waals surface area contributed by atoms with Crippen molar-refractivity contribution in [2.75, 3.05) is 20.8 Å². The Bertz CT molecular complexity index is 649. The van der Waals surface area contributed by atoms with E-state index in [1.54, 1.807) is 14.2 Å². The highest BCUT2D eigenvalue weighted by Gasteiger charge is 2.16. The zero-order valence-corrected chi connectivity index (χ0v) is 13.5. The number of hydrogen-bond donors (Lipinski definition) is 0. The van der Waals surface area contributed by atoms with Gasteiger partial charge in [0, 0.05) is 5.56 Å². The summed E-state index contributed by atoms with van der Waals surface area (Å²) in [4.78, 5) is 0. The van der Waals surface area contributed by atoms with Gasteiger partial charge in [-0.05, 0) is 43.2 Å². The highest BCUT2D eigenvalue weighted by molar-refractivity contribution is 5.44. The number of methoxy groups -OCH3 is 2. The number of hydrogen-bond acceptors (Lipinski definition) is 4. The average Bonchev–Trinajstić information content (AvgIpc) is 2.62. The van der Waals surface area contributed by atoms with Gasteiger partial charge < -0.3 is 14.2 Å². The minimum Gasteiger partial charge on any atom is -0.497 e. The van der Waals surface area contributed by atoms with Crippen molar-refractivity contribution >= 4 is 0 Å². The van der Waals surface area contributed by atoms with Crippen LogP contribution in [0.4, 0.5) is 0 Å². The van der Waals surface area contributed by atoms with Crippen LogP contribution in [0.2, 0.25) is 0 Å². The third-order valence-corrected chi connectivity index (χ3v) is 3.62. The Morgan fingerprint density at radius 3 is 2.43 bits per heavy atom. The number of nitrogens with zero attached hydrogens (tertiary/aromatic N) is 1. The van der Waals surface area contributed by atoms with E-state index in [1.165, 1.54) is 0 Å². The Morgan fingerprint density at radius 2 is 1.78 bits per heavy atom. The molecule has 0 spiro atoms. The van der Waals surface area contributed by atoms with Crippen LogP contribution < -0.4 is 14.2 Å². The largest absolute Gasteiger partial charge is 0.497 e. The molecule has 4 heteroatoms. The second kappa shape index (κ2) is 8.70. The lowest BCUT2D eigenvalue weighted by Gasteiger charge is -2.15. The van der Waals surface area contributed by atoms with Gasteiger partial charge >= 0.3 is 0 Å². The molecule has 1 atom stereocenters. The maximum atomic E-state index is 9.49. The fourth-order valence-electron chi connectivity index (χ4n) is 2.40. The predicted octanol–water partition coefficient (Wildman–Crippen LogP) is 4.17. The van der Waals surface area contributed by atoms with Crippen molar-refractivity contribution in [3.8, 4) is 23.3 Å². The molecule has 4 nitrogen and oxygen atoms in total. The standard InChI is InChI=1S/C19H21NO3/c1-21-17-10-11-19(22-2)18(13-17)15(14-20)7-6-12-23-16-8-4-3-5-9-16/h3-5,8-11,13,15H,6-7,12H2,1-2H3. The Labute approximate surface area is 137 Å². The summed E-state index contributed by atoms with van der Waals surface area (Å²) in [6.07, 6.45) is 1.49. The molecular weight excluding hydrogens is 290 g/mol. The van der Waals surface area contributed by atoms with E-state index < -0.39 is 0 Å². The van der Waals surface area contributed by atoms with E-state index in [9.17, 15) is 5.26 Å². The first-order chi connectivity index (χ1) is 11.3. The molecule has 0 aliphatic carbocycles. The van der Waals surface area contributed by atoms with E-state index in [0.29, 0.717) is 18.8 Å². The lowest BCUT2D eigenvalue weighted by atomic mass is 9.94. The summed E-state index contributed by atoms with van der Waals surface area (Å²) < 4.78 is 16.3. The molecule has 0 aromatic heterocycles. The van der Waals surface area contributed by atoms with Gasteiger partial charge in [-0.3, -0.25) is 0 Å². The van der Waals surface area contributed by atoms with Crippen LogP contribution in [0.3, 0.4) is 0 Å². The number of benzene rings is 2. The zero-order valence-electron chi connectivity index (χ0n) is 13.5. The van der Waals surface area contributed by atoms with Gasteiger partial charge in [0.05, 0.1) is 32.8 Å². The Balaban J connectivity index is 1.96. The molecule has 23 heavy (non-hydrogen) atoms. The SMILES string of the molecule is COc1ccc(OC)c(C(C#N)CCCOc2ccccc2)c1. The fraction of sp³-hybridized carbons (Fsp3) is 0.316. The molecule has 0 saturated heterocycles. The molecule has 2 aromatic carbocycles.